The first-order valence-electron chi connectivity index (χ1n) is 9.94. The number of Topliss-reactive ketones (excluding diaryl/α,β-unsaturated/α-hetero) is 1. The van der Waals surface area contributed by atoms with Gasteiger partial charge in [0, 0.05) is 22.6 Å². The summed E-state index contributed by atoms with van der Waals surface area (Å²) in [5.41, 5.74) is 0.364. The van der Waals surface area contributed by atoms with E-state index in [9.17, 15) is 18.0 Å². The number of thioether (sulfide) groups is 1. The quantitative estimate of drug-likeness (QED) is 0.596. The van der Waals surface area contributed by atoms with Gasteiger partial charge in [-0.3, -0.25) is 5.32 Å². The van der Waals surface area contributed by atoms with Crippen molar-refractivity contribution in [3.63, 3.8) is 0 Å². The van der Waals surface area contributed by atoms with Gasteiger partial charge in [-0.2, -0.15) is 13.2 Å². The number of hydrogen-bond acceptors (Lipinski definition) is 5. The molecule has 0 aromatic heterocycles. The highest BCUT2D eigenvalue weighted by atomic mass is 32.2. The SMILES string of the molecule is COc1cc2c(cc1OC)[C@H](c1ccccc1)N[C@](CCC(C)=O)(CC(F)(F)F)CS2. The van der Waals surface area contributed by atoms with Crippen molar-refractivity contribution >= 4 is 17.5 Å². The van der Waals surface area contributed by atoms with E-state index in [4.69, 9.17) is 9.47 Å². The molecule has 168 valence electrons. The molecule has 3 rings (SSSR count). The number of methoxy groups -OCH3 is 2. The molecule has 1 N–H and O–H groups in total. The van der Waals surface area contributed by atoms with Crippen LogP contribution >= 0.6 is 11.8 Å². The third-order valence-electron chi connectivity index (χ3n) is 5.41. The number of rotatable bonds is 7. The number of halogens is 3. The zero-order chi connectivity index (χ0) is 22.6. The van der Waals surface area contributed by atoms with E-state index in [1.165, 1.54) is 32.9 Å². The Labute approximate surface area is 184 Å². The molecule has 0 saturated heterocycles. The molecule has 8 heteroatoms. The van der Waals surface area contributed by atoms with Crippen molar-refractivity contribution < 1.29 is 27.4 Å². The predicted octanol–water partition coefficient (Wildman–Crippen LogP) is 5.55. The summed E-state index contributed by atoms with van der Waals surface area (Å²) in [5.74, 6) is 1.07. The number of carbonyl (C=O) groups is 1. The van der Waals surface area contributed by atoms with Crippen LogP contribution in [0.25, 0.3) is 0 Å². The van der Waals surface area contributed by atoms with Gasteiger partial charge in [-0.25, -0.2) is 0 Å². The summed E-state index contributed by atoms with van der Waals surface area (Å²) < 4.78 is 51.9. The van der Waals surface area contributed by atoms with Crippen LogP contribution < -0.4 is 14.8 Å². The van der Waals surface area contributed by atoms with Crippen LogP contribution in [-0.4, -0.2) is 37.5 Å². The Morgan fingerprint density at radius 2 is 1.81 bits per heavy atom. The third kappa shape index (κ3) is 5.74. The fraction of sp³-hybridized carbons (Fsp3) is 0.435. The van der Waals surface area contributed by atoms with Crippen LogP contribution in [0, 0.1) is 0 Å². The molecule has 0 fully saturated rings. The van der Waals surface area contributed by atoms with E-state index in [1.807, 2.05) is 42.5 Å². The average Bonchev–Trinajstić information content (AvgIpc) is 2.88. The first-order valence-corrected chi connectivity index (χ1v) is 10.9. The summed E-state index contributed by atoms with van der Waals surface area (Å²) in [6, 6.07) is 12.5. The Hall–Kier alpha value is -2.19. The van der Waals surface area contributed by atoms with E-state index < -0.39 is 24.2 Å². The Bertz CT molecular complexity index is 920. The molecule has 0 unspecified atom stereocenters. The highest BCUT2D eigenvalue weighted by Crippen LogP contribution is 2.46. The van der Waals surface area contributed by atoms with Crippen molar-refractivity contribution in [3.8, 4) is 11.5 Å². The van der Waals surface area contributed by atoms with Gasteiger partial charge in [-0.1, -0.05) is 30.3 Å². The summed E-state index contributed by atoms with van der Waals surface area (Å²) in [6.45, 7) is 1.41. The van der Waals surface area contributed by atoms with Crippen LogP contribution in [0.1, 0.15) is 43.4 Å². The maximum atomic E-state index is 13.7. The molecule has 0 aliphatic carbocycles. The largest absolute Gasteiger partial charge is 0.493 e. The molecule has 1 aliphatic rings. The second kappa shape index (κ2) is 9.53. The lowest BCUT2D eigenvalue weighted by Gasteiger charge is -2.37. The van der Waals surface area contributed by atoms with Gasteiger partial charge in [0.05, 0.1) is 26.7 Å². The second-order valence-corrected chi connectivity index (χ2v) is 8.81. The molecule has 1 heterocycles. The van der Waals surface area contributed by atoms with Gasteiger partial charge in [0.15, 0.2) is 11.5 Å². The van der Waals surface area contributed by atoms with Gasteiger partial charge in [0.2, 0.25) is 0 Å². The Balaban J connectivity index is 2.14. The van der Waals surface area contributed by atoms with E-state index in [0.717, 1.165) is 16.0 Å². The topological polar surface area (TPSA) is 47.6 Å². The van der Waals surface area contributed by atoms with Crippen LogP contribution in [0.2, 0.25) is 0 Å². The molecular weight excluding hydrogens is 427 g/mol. The number of hydrogen-bond donors (Lipinski definition) is 1. The zero-order valence-electron chi connectivity index (χ0n) is 17.7. The molecule has 0 saturated carbocycles. The summed E-state index contributed by atoms with van der Waals surface area (Å²) in [6.07, 6.45) is -5.22. The van der Waals surface area contributed by atoms with Gasteiger partial charge in [0.1, 0.15) is 5.78 Å². The maximum Gasteiger partial charge on any atom is 0.390 e. The molecule has 2 aromatic rings. The van der Waals surface area contributed by atoms with Gasteiger partial charge in [0.25, 0.3) is 0 Å². The smallest absolute Gasteiger partial charge is 0.390 e. The van der Waals surface area contributed by atoms with Gasteiger partial charge in [-0.15, -0.1) is 11.8 Å². The molecular formula is C23H26F3NO3S. The normalized spacial score (nSPS) is 21.2. The van der Waals surface area contributed by atoms with Gasteiger partial charge < -0.3 is 14.3 Å². The van der Waals surface area contributed by atoms with Gasteiger partial charge >= 0.3 is 6.18 Å². The minimum Gasteiger partial charge on any atom is -0.493 e. The minimum absolute atomic E-state index is 0.0775. The van der Waals surface area contributed by atoms with Crippen molar-refractivity contribution in [1.29, 1.82) is 0 Å². The molecule has 0 radical (unpaired) electrons. The zero-order valence-corrected chi connectivity index (χ0v) is 18.5. The molecule has 0 spiro atoms. The highest BCUT2D eigenvalue weighted by molar-refractivity contribution is 7.99. The van der Waals surface area contributed by atoms with E-state index >= 15 is 0 Å². The van der Waals surface area contributed by atoms with Crippen LogP contribution in [0.15, 0.2) is 47.4 Å². The molecule has 4 nitrogen and oxygen atoms in total. The van der Waals surface area contributed by atoms with Crippen LogP contribution in [0.4, 0.5) is 13.2 Å². The molecule has 2 aromatic carbocycles. The van der Waals surface area contributed by atoms with Crippen LogP contribution in [0.5, 0.6) is 11.5 Å². The lowest BCUT2D eigenvalue weighted by atomic mass is 9.87. The van der Waals surface area contributed by atoms with Crippen LogP contribution in [0.3, 0.4) is 0 Å². The summed E-state index contributed by atoms with van der Waals surface area (Å²) in [7, 11) is 3.05. The lowest BCUT2D eigenvalue weighted by Crippen LogP contribution is -2.51. The maximum absolute atomic E-state index is 13.7. The fourth-order valence-electron chi connectivity index (χ4n) is 3.91. The molecule has 1 aliphatic heterocycles. The molecule has 0 bridgehead atoms. The summed E-state index contributed by atoms with van der Waals surface area (Å²) >= 11 is 1.35. The van der Waals surface area contributed by atoms with Crippen molar-refractivity contribution in [2.75, 3.05) is 20.0 Å². The number of alkyl halides is 3. The van der Waals surface area contributed by atoms with Crippen molar-refractivity contribution in [2.45, 2.75) is 48.8 Å². The number of carbonyl (C=O) groups excluding carboxylic acids is 1. The van der Waals surface area contributed by atoms with Crippen LogP contribution in [-0.2, 0) is 4.79 Å². The van der Waals surface area contributed by atoms with E-state index in [0.29, 0.717) is 11.5 Å². The lowest BCUT2D eigenvalue weighted by molar-refractivity contribution is -0.150. The molecule has 0 amide bonds. The van der Waals surface area contributed by atoms with E-state index in [-0.39, 0.29) is 24.4 Å². The third-order valence-corrected chi connectivity index (χ3v) is 6.77. The average molecular weight is 454 g/mol. The summed E-state index contributed by atoms with van der Waals surface area (Å²) in [5, 5.41) is 3.31. The van der Waals surface area contributed by atoms with Crippen molar-refractivity contribution in [2.24, 2.45) is 0 Å². The van der Waals surface area contributed by atoms with Gasteiger partial charge in [-0.05, 0) is 36.6 Å². The van der Waals surface area contributed by atoms with Crippen molar-refractivity contribution in [1.82, 2.24) is 5.32 Å². The second-order valence-electron chi connectivity index (χ2n) is 7.80. The Morgan fingerprint density at radius 3 is 2.39 bits per heavy atom. The molecule has 31 heavy (non-hydrogen) atoms. The number of fused-ring (bicyclic) bond motifs is 1. The standard InChI is InChI=1S/C23H26F3NO3S/c1-15(28)9-10-22(13-23(24,25)26)14-31-20-12-19(30-3)18(29-2)11-17(20)21(27-22)16-7-5-4-6-8-16/h4-8,11-12,21,27H,9-10,13-14H2,1-3H3/t21-,22+/m0/s1. The highest BCUT2D eigenvalue weighted by Gasteiger charge is 2.45. The van der Waals surface area contributed by atoms with E-state index in [2.05, 4.69) is 5.32 Å². The summed E-state index contributed by atoms with van der Waals surface area (Å²) in [4.78, 5) is 12.5. The predicted molar refractivity (Wildman–Crippen MR) is 115 cm³/mol. The fourth-order valence-corrected chi connectivity index (χ4v) is 5.21. The number of ketones is 1. The first-order chi connectivity index (χ1) is 14.7. The Kier molecular flexibility index (Phi) is 7.21. The first kappa shape index (κ1) is 23.5. The Morgan fingerprint density at radius 1 is 1.16 bits per heavy atom. The molecule has 2 atom stereocenters. The number of ether oxygens (including phenoxy) is 2. The van der Waals surface area contributed by atoms with Crippen molar-refractivity contribution in [3.05, 3.63) is 53.6 Å². The number of nitrogens with one attached hydrogen (secondary N) is 1. The minimum atomic E-state index is -4.38. The van der Waals surface area contributed by atoms with E-state index in [1.54, 1.807) is 0 Å². The monoisotopic (exact) mass is 453 g/mol. The number of benzene rings is 2.